The molecular formula is C29H44O5. The first kappa shape index (κ1) is 27.8. The van der Waals surface area contributed by atoms with Gasteiger partial charge in [0.2, 0.25) is 0 Å². The maximum Gasteiger partial charge on any atom is 0.168 e. The Bertz CT molecular complexity index is 886. The van der Waals surface area contributed by atoms with Crippen LogP contribution in [0.25, 0.3) is 0 Å². The summed E-state index contributed by atoms with van der Waals surface area (Å²) in [6, 6.07) is 11.2. The molecule has 0 aliphatic carbocycles. The van der Waals surface area contributed by atoms with E-state index in [1.54, 1.807) is 0 Å². The van der Waals surface area contributed by atoms with Crippen LogP contribution in [0.2, 0.25) is 0 Å². The Morgan fingerprint density at radius 2 is 0.794 bits per heavy atom. The summed E-state index contributed by atoms with van der Waals surface area (Å²) in [5, 5.41) is 11.7. The summed E-state index contributed by atoms with van der Waals surface area (Å²) in [6.45, 7) is 23.8. The van der Waals surface area contributed by atoms with Crippen LogP contribution < -0.4 is 18.9 Å². The predicted octanol–water partition coefficient (Wildman–Crippen LogP) is 7.48. The zero-order valence-corrected chi connectivity index (χ0v) is 23.1. The van der Waals surface area contributed by atoms with Gasteiger partial charge in [-0.15, -0.1) is 0 Å². The van der Waals surface area contributed by atoms with Gasteiger partial charge in [-0.1, -0.05) is 24.3 Å². The van der Waals surface area contributed by atoms with Crippen molar-refractivity contribution in [2.45, 2.75) is 112 Å². The van der Waals surface area contributed by atoms with Gasteiger partial charge in [0.1, 0.15) is 28.5 Å². The van der Waals surface area contributed by atoms with Crippen LogP contribution >= 0.6 is 0 Å². The van der Waals surface area contributed by atoms with Gasteiger partial charge in [0, 0.05) is 11.1 Å². The Hall–Kier alpha value is -2.40. The van der Waals surface area contributed by atoms with Gasteiger partial charge in [-0.05, 0) is 95.2 Å². The zero-order valence-electron chi connectivity index (χ0n) is 23.1. The molecule has 2 rings (SSSR count). The Morgan fingerprint density at radius 1 is 0.500 bits per heavy atom. The summed E-state index contributed by atoms with van der Waals surface area (Å²) in [7, 11) is 0. The van der Waals surface area contributed by atoms with E-state index in [-0.39, 0.29) is 0 Å². The van der Waals surface area contributed by atoms with Crippen molar-refractivity contribution in [1.82, 2.24) is 0 Å². The normalized spacial score (nSPS) is 13.1. The van der Waals surface area contributed by atoms with Crippen LogP contribution in [-0.2, 0) is 0 Å². The Balaban J connectivity index is 2.71. The fourth-order valence-electron chi connectivity index (χ4n) is 3.32. The van der Waals surface area contributed by atoms with Gasteiger partial charge in [0.25, 0.3) is 0 Å². The summed E-state index contributed by atoms with van der Waals surface area (Å²) < 4.78 is 25.1. The minimum Gasteiger partial charge on any atom is -0.484 e. The lowest BCUT2D eigenvalue weighted by atomic mass is 9.97. The topological polar surface area (TPSA) is 57.2 Å². The van der Waals surface area contributed by atoms with Gasteiger partial charge < -0.3 is 24.1 Å². The van der Waals surface area contributed by atoms with Crippen molar-refractivity contribution < 1.29 is 24.1 Å². The Morgan fingerprint density at radius 3 is 1.06 bits per heavy atom. The minimum atomic E-state index is -1.03. The largest absolute Gasteiger partial charge is 0.484 e. The van der Waals surface area contributed by atoms with E-state index in [0.717, 1.165) is 0 Å². The molecule has 0 spiro atoms. The van der Waals surface area contributed by atoms with Gasteiger partial charge in [0.15, 0.2) is 23.0 Å². The number of aliphatic hydroxyl groups is 1. The molecule has 2 aromatic carbocycles. The smallest absolute Gasteiger partial charge is 0.168 e. The molecule has 0 saturated carbocycles. The van der Waals surface area contributed by atoms with Crippen molar-refractivity contribution >= 4 is 0 Å². The van der Waals surface area contributed by atoms with E-state index >= 15 is 0 Å². The number of rotatable bonds is 6. The summed E-state index contributed by atoms with van der Waals surface area (Å²) >= 11 is 0. The van der Waals surface area contributed by atoms with Crippen molar-refractivity contribution in [3.05, 3.63) is 47.5 Å². The maximum absolute atomic E-state index is 11.7. The van der Waals surface area contributed by atoms with E-state index in [4.69, 9.17) is 18.9 Å². The minimum absolute atomic E-state index is 0.430. The molecule has 2 aromatic rings. The van der Waals surface area contributed by atoms with Crippen LogP contribution in [0, 0.1) is 0 Å². The second-order valence-corrected chi connectivity index (χ2v) is 12.6. The third kappa shape index (κ3) is 8.43. The molecule has 0 atom stereocenters. The number of hydrogen-bond donors (Lipinski definition) is 1. The van der Waals surface area contributed by atoms with E-state index in [9.17, 15) is 5.11 Å². The lowest BCUT2D eigenvalue weighted by Gasteiger charge is -2.31. The lowest BCUT2D eigenvalue weighted by Crippen LogP contribution is -2.28. The zero-order chi connectivity index (χ0) is 26.1. The number of benzene rings is 2. The van der Waals surface area contributed by atoms with Crippen molar-refractivity contribution in [3.8, 4) is 23.0 Å². The molecule has 5 heteroatoms. The Kier molecular flexibility index (Phi) is 7.94. The van der Waals surface area contributed by atoms with E-state index in [1.807, 2.05) is 119 Å². The monoisotopic (exact) mass is 472 g/mol. The second kappa shape index (κ2) is 9.69. The molecule has 190 valence electrons. The van der Waals surface area contributed by atoms with Crippen molar-refractivity contribution in [3.63, 3.8) is 0 Å². The molecular weight excluding hydrogens is 428 g/mol. The number of ether oxygens (including phenoxy) is 4. The van der Waals surface area contributed by atoms with E-state index in [1.165, 1.54) is 0 Å². The molecule has 1 N–H and O–H groups in total. The van der Waals surface area contributed by atoms with Crippen molar-refractivity contribution in [2.24, 2.45) is 0 Å². The molecule has 0 fully saturated rings. The third-order valence-corrected chi connectivity index (χ3v) is 4.26. The first-order valence-corrected chi connectivity index (χ1v) is 12.0. The molecule has 0 radical (unpaired) electrons. The standard InChI is InChI=1S/C29H44O5/c1-26(2,3)31-21-17-13-15-19(24(21)33-28(7,8)9)23(30)20-16-14-18-22(32-27(4,5)6)25(20)34-29(10,11)12/h13-18,23,30H,1-12H3. The molecule has 0 unspecified atom stereocenters. The average Bonchev–Trinajstić information content (AvgIpc) is 2.59. The van der Waals surface area contributed by atoms with Gasteiger partial charge >= 0.3 is 0 Å². The van der Waals surface area contributed by atoms with Crippen LogP contribution in [-0.4, -0.2) is 27.5 Å². The highest BCUT2D eigenvalue weighted by Crippen LogP contribution is 2.45. The fraction of sp³-hybridized carbons (Fsp3) is 0.586. The quantitative estimate of drug-likeness (QED) is 0.472. The first-order chi connectivity index (χ1) is 15.3. The molecule has 0 amide bonds. The molecule has 0 heterocycles. The highest BCUT2D eigenvalue weighted by Gasteiger charge is 2.30. The van der Waals surface area contributed by atoms with Crippen LogP contribution in [0.15, 0.2) is 36.4 Å². The van der Waals surface area contributed by atoms with E-state index in [0.29, 0.717) is 34.1 Å². The summed E-state index contributed by atoms with van der Waals surface area (Å²) in [5.74, 6) is 2.20. The highest BCUT2D eigenvalue weighted by molar-refractivity contribution is 5.55. The number of hydrogen-bond acceptors (Lipinski definition) is 5. The predicted molar refractivity (Wildman–Crippen MR) is 138 cm³/mol. The molecule has 0 aliphatic rings. The number of aliphatic hydroxyl groups excluding tert-OH is 1. The molecule has 0 aromatic heterocycles. The van der Waals surface area contributed by atoms with Crippen LogP contribution in [0.4, 0.5) is 0 Å². The van der Waals surface area contributed by atoms with Crippen LogP contribution in [0.1, 0.15) is 100 Å². The molecule has 5 nitrogen and oxygen atoms in total. The third-order valence-electron chi connectivity index (χ3n) is 4.26. The Labute approximate surface area is 206 Å². The molecule has 0 bridgehead atoms. The highest BCUT2D eigenvalue weighted by atomic mass is 16.5. The van der Waals surface area contributed by atoms with Crippen molar-refractivity contribution in [1.29, 1.82) is 0 Å². The van der Waals surface area contributed by atoms with Gasteiger partial charge in [-0.3, -0.25) is 0 Å². The molecule has 34 heavy (non-hydrogen) atoms. The van der Waals surface area contributed by atoms with Gasteiger partial charge in [-0.25, -0.2) is 0 Å². The number of para-hydroxylation sites is 2. The maximum atomic E-state index is 11.7. The van der Waals surface area contributed by atoms with E-state index in [2.05, 4.69) is 0 Å². The van der Waals surface area contributed by atoms with Gasteiger partial charge in [0.05, 0.1) is 0 Å². The summed E-state index contributed by atoms with van der Waals surface area (Å²) in [4.78, 5) is 0. The SMILES string of the molecule is CC(C)(C)Oc1cccc(C(O)c2cccc(OC(C)(C)C)c2OC(C)(C)C)c1OC(C)(C)C. The van der Waals surface area contributed by atoms with Gasteiger partial charge in [-0.2, -0.15) is 0 Å². The molecule has 0 saturated heterocycles. The second-order valence-electron chi connectivity index (χ2n) is 12.6. The lowest BCUT2D eigenvalue weighted by molar-refractivity contribution is 0.0861. The van der Waals surface area contributed by atoms with E-state index < -0.39 is 28.5 Å². The first-order valence-electron chi connectivity index (χ1n) is 12.0. The van der Waals surface area contributed by atoms with Crippen LogP contribution in [0.3, 0.4) is 0 Å². The van der Waals surface area contributed by atoms with Crippen LogP contribution in [0.5, 0.6) is 23.0 Å². The average molecular weight is 473 g/mol. The fourth-order valence-corrected chi connectivity index (χ4v) is 3.32. The summed E-state index contributed by atoms with van der Waals surface area (Å²) in [6.07, 6.45) is -1.03. The summed E-state index contributed by atoms with van der Waals surface area (Å²) in [5.41, 5.74) is -0.644. The molecule has 0 aliphatic heterocycles. The van der Waals surface area contributed by atoms with Crippen molar-refractivity contribution in [2.75, 3.05) is 0 Å².